The van der Waals surface area contributed by atoms with Gasteiger partial charge in [-0.25, -0.2) is 4.39 Å². The molecule has 0 aromatic heterocycles. The summed E-state index contributed by atoms with van der Waals surface area (Å²) < 4.78 is 30.6. The van der Waals surface area contributed by atoms with E-state index in [-0.39, 0.29) is 5.88 Å². The van der Waals surface area contributed by atoms with Crippen molar-refractivity contribution in [1.29, 1.82) is 0 Å². The van der Waals surface area contributed by atoms with E-state index in [0.29, 0.717) is 0 Å². The summed E-state index contributed by atoms with van der Waals surface area (Å²) in [6.45, 7) is 9.48. The van der Waals surface area contributed by atoms with Crippen molar-refractivity contribution in [3.05, 3.63) is 24.4 Å². The number of nitrogens with zero attached hydrogens (tertiary/aromatic N) is 1. The maximum Gasteiger partial charge on any atom is 0.248 e. The van der Waals surface area contributed by atoms with Crippen molar-refractivity contribution in [2.45, 2.75) is 33.3 Å². The van der Waals surface area contributed by atoms with E-state index >= 15 is 0 Å². The van der Waals surface area contributed by atoms with Crippen LogP contribution in [0.1, 0.15) is 27.7 Å². The van der Waals surface area contributed by atoms with E-state index in [2.05, 4.69) is 11.6 Å². The standard InChI is InChI=1S/C10H15F2NO/c1-6-8(12)13-9(7(2)11)14-10(3,4)5/h6H,1H2,2-5H3/b9-7-,13-8+. The van der Waals surface area contributed by atoms with Gasteiger partial charge in [0.2, 0.25) is 11.8 Å². The number of rotatable bonds is 3. The Hall–Kier alpha value is -1.19. The summed E-state index contributed by atoms with van der Waals surface area (Å²) in [4.78, 5) is 3.29. The third kappa shape index (κ3) is 5.45. The van der Waals surface area contributed by atoms with Crippen LogP contribution in [0.2, 0.25) is 0 Å². The molecule has 0 rings (SSSR count). The molecule has 0 radical (unpaired) electrons. The fourth-order valence-corrected chi connectivity index (χ4v) is 0.603. The summed E-state index contributed by atoms with van der Waals surface area (Å²) in [5.74, 6) is -1.90. The third-order valence-electron chi connectivity index (χ3n) is 1.07. The SMILES string of the molecule is C=C/C(F)=N\C(OC(C)(C)C)=C(/C)F. The Kier molecular flexibility index (Phi) is 4.47. The first-order valence-electron chi connectivity index (χ1n) is 4.18. The van der Waals surface area contributed by atoms with Gasteiger partial charge >= 0.3 is 0 Å². The number of hydrogen-bond donors (Lipinski definition) is 0. The minimum absolute atomic E-state index is 0.352. The normalized spacial score (nSPS) is 14.9. The monoisotopic (exact) mass is 203 g/mol. The number of halogens is 2. The zero-order chi connectivity index (χ0) is 11.4. The fourth-order valence-electron chi connectivity index (χ4n) is 0.603. The largest absolute Gasteiger partial charge is 0.470 e. The lowest BCUT2D eigenvalue weighted by molar-refractivity contribution is 0.0457. The summed E-state index contributed by atoms with van der Waals surface area (Å²) in [5.41, 5.74) is -0.617. The molecule has 0 fully saturated rings. The molecular formula is C10H15F2NO. The smallest absolute Gasteiger partial charge is 0.248 e. The number of ether oxygens (including phenoxy) is 1. The van der Waals surface area contributed by atoms with Crippen molar-refractivity contribution in [3.8, 4) is 0 Å². The average Bonchev–Trinajstić information content (AvgIpc) is 2.00. The molecular weight excluding hydrogens is 188 g/mol. The zero-order valence-corrected chi connectivity index (χ0v) is 8.90. The first-order valence-corrected chi connectivity index (χ1v) is 4.18. The molecule has 0 saturated heterocycles. The van der Waals surface area contributed by atoms with Crippen LogP contribution in [0, 0.1) is 0 Å². The second-order valence-corrected chi connectivity index (χ2v) is 3.69. The van der Waals surface area contributed by atoms with E-state index in [1.54, 1.807) is 20.8 Å². The van der Waals surface area contributed by atoms with Gasteiger partial charge in [0.15, 0.2) is 5.83 Å². The van der Waals surface area contributed by atoms with Crippen LogP contribution < -0.4 is 0 Å². The van der Waals surface area contributed by atoms with Crippen LogP contribution in [0.3, 0.4) is 0 Å². The molecule has 0 bridgehead atoms. The maximum absolute atomic E-state index is 12.8. The minimum atomic E-state index is -0.874. The lowest BCUT2D eigenvalue weighted by atomic mass is 10.2. The van der Waals surface area contributed by atoms with Crippen LogP contribution in [0.5, 0.6) is 0 Å². The van der Waals surface area contributed by atoms with Gasteiger partial charge in [0.1, 0.15) is 5.60 Å². The Morgan fingerprint density at radius 1 is 1.36 bits per heavy atom. The molecule has 0 atom stereocenters. The Balaban J connectivity index is 4.84. The molecule has 0 aliphatic heterocycles. The Morgan fingerprint density at radius 2 is 1.86 bits per heavy atom. The molecule has 0 aliphatic rings. The highest BCUT2D eigenvalue weighted by atomic mass is 19.1. The highest BCUT2D eigenvalue weighted by Gasteiger charge is 2.15. The van der Waals surface area contributed by atoms with Crippen molar-refractivity contribution < 1.29 is 13.5 Å². The molecule has 0 amide bonds. The van der Waals surface area contributed by atoms with Crippen LogP contribution >= 0.6 is 0 Å². The van der Waals surface area contributed by atoms with Crippen molar-refractivity contribution in [2.75, 3.05) is 0 Å². The highest BCUT2D eigenvalue weighted by molar-refractivity contribution is 5.86. The van der Waals surface area contributed by atoms with Gasteiger partial charge in [-0.05, 0) is 33.8 Å². The summed E-state index contributed by atoms with van der Waals surface area (Å²) in [6.07, 6.45) is 0.884. The Bertz CT molecular complexity index is 270. The Morgan fingerprint density at radius 3 is 2.14 bits per heavy atom. The van der Waals surface area contributed by atoms with Crippen molar-refractivity contribution >= 4 is 5.97 Å². The van der Waals surface area contributed by atoms with E-state index in [1.807, 2.05) is 0 Å². The van der Waals surface area contributed by atoms with Crippen molar-refractivity contribution in [3.63, 3.8) is 0 Å². The predicted molar refractivity (Wildman–Crippen MR) is 53.4 cm³/mol. The lowest BCUT2D eigenvalue weighted by Gasteiger charge is -2.21. The highest BCUT2D eigenvalue weighted by Crippen LogP contribution is 2.18. The molecule has 14 heavy (non-hydrogen) atoms. The second kappa shape index (κ2) is 4.88. The van der Waals surface area contributed by atoms with Gasteiger partial charge < -0.3 is 4.74 Å². The quantitative estimate of drug-likeness (QED) is 0.508. The van der Waals surface area contributed by atoms with Gasteiger partial charge in [0.05, 0.1) is 0 Å². The van der Waals surface area contributed by atoms with Crippen LogP contribution in [0.25, 0.3) is 0 Å². The van der Waals surface area contributed by atoms with Crippen LogP contribution in [0.4, 0.5) is 8.78 Å². The van der Waals surface area contributed by atoms with Gasteiger partial charge in [0.25, 0.3) is 0 Å². The van der Waals surface area contributed by atoms with E-state index in [1.165, 1.54) is 0 Å². The topological polar surface area (TPSA) is 21.6 Å². The van der Waals surface area contributed by atoms with E-state index < -0.39 is 17.4 Å². The van der Waals surface area contributed by atoms with Gasteiger partial charge in [-0.2, -0.15) is 9.38 Å². The van der Waals surface area contributed by atoms with Crippen LogP contribution in [-0.4, -0.2) is 11.6 Å². The number of aliphatic imine (C=N–C) groups is 1. The molecule has 80 valence electrons. The first kappa shape index (κ1) is 12.8. The first-order chi connectivity index (χ1) is 6.26. The molecule has 2 nitrogen and oxygen atoms in total. The lowest BCUT2D eigenvalue weighted by Crippen LogP contribution is -2.18. The third-order valence-corrected chi connectivity index (χ3v) is 1.07. The van der Waals surface area contributed by atoms with Crippen LogP contribution in [-0.2, 0) is 4.74 Å². The van der Waals surface area contributed by atoms with Gasteiger partial charge in [-0.15, -0.1) is 0 Å². The Labute approximate surface area is 83.0 Å². The van der Waals surface area contributed by atoms with Gasteiger partial charge in [0, 0.05) is 0 Å². The fraction of sp³-hybridized carbons (Fsp3) is 0.500. The molecule has 0 aliphatic carbocycles. The second-order valence-electron chi connectivity index (χ2n) is 3.69. The zero-order valence-electron chi connectivity index (χ0n) is 8.90. The number of allylic oxidation sites excluding steroid dienone is 2. The molecule has 0 saturated carbocycles. The summed E-state index contributed by atoms with van der Waals surface area (Å²) in [7, 11) is 0. The maximum atomic E-state index is 12.8. The molecule has 0 aromatic carbocycles. The average molecular weight is 203 g/mol. The number of hydrogen-bond acceptors (Lipinski definition) is 2. The molecule has 4 heteroatoms. The molecule has 0 unspecified atom stereocenters. The van der Waals surface area contributed by atoms with E-state index in [0.717, 1.165) is 13.0 Å². The minimum Gasteiger partial charge on any atom is -0.470 e. The van der Waals surface area contributed by atoms with Crippen LogP contribution in [0.15, 0.2) is 29.4 Å². The molecule has 0 N–H and O–H groups in total. The van der Waals surface area contributed by atoms with Crippen molar-refractivity contribution in [2.24, 2.45) is 4.99 Å². The van der Waals surface area contributed by atoms with Gasteiger partial charge in [-0.3, -0.25) is 0 Å². The predicted octanol–water partition coefficient (Wildman–Crippen LogP) is 3.51. The molecule has 0 aromatic rings. The summed E-state index contributed by atoms with van der Waals surface area (Å²) in [5, 5.41) is 0. The van der Waals surface area contributed by atoms with Crippen molar-refractivity contribution in [1.82, 2.24) is 0 Å². The summed E-state index contributed by atoms with van der Waals surface area (Å²) in [6, 6.07) is 0. The van der Waals surface area contributed by atoms with E-state index in [4.69, 9.17) is 4.74 Å². The summed E-state index contributed by atoms with van der Waals surface area (Å²) >= 11 is 0. The molecule has 0 heterocycles. The molecule has 0 spiro atoms. The van der Waals surface area contributed by atoms with Gasteiger partial charge in [-0.1, -0.05) is 6.58 Å². The van der Waals surface area contributed by atoms with E-state index in [9.17, 15) is 8.78 Å².